The number of hydrogen-bond donors (Lipinski definition) is 4. The number of nitrogens with one attached hydrogen (secondary N) is 2. The van der Waals surface area contributed by atoms with Gasteiger partial charge in [0.2, 0.25) is 10.0 Å². The van der Waals surface area contributed by atoms with Crippen LogP contribution in [0.15, 0.2) is 101 Å². The number of halogens is 6. The van der Waals surface area contributed by atoms with E-state index in [9.17, 15) is 61.5 Å². The van der Waals surface area contributed by atoms with E-state index in [4.69, 9.17) is 4.55 Å². The van der Waals surface area contributed by atoms with Gasteiger partial charge in [0.05, 0.1) is 10.6 Å². The number of amides is 1. The van der Waals surface area contributed by atoms with E-state index in [2.05, 4.69) is 14.2 Å². The monoisotopic (exact) mass is 855 g/mol. The topological polar surface area (TPSA) is 206 Å². The van der Waals surface area contributed by atoms with Crippen molar-refractivity contribution < 1.29 is 75.5 Å². The van der Waals surface area contributed by atoms with E-state index < -0.39 is 90.5 Å². The van der Waals surface area contributed by atoms with Gasteiger partial charge in [-0.1, -0.05) is 48.5 Å². The van der Waals surface area contributed by atoms with Crippen LogP contribution in [0.4, 0.5) is 32.0 Å². The summed E-state index contributed by atoms with van der Waals surface area (Å²) in [6, 6.07) is 21.7. The Bertz CT molecular complexity index is 2350. The Morgan fingerprint density at radius 2 is 1.41 bits per heavy atom. The lowest BCUT2D eigenvalue weighted by Crippen LogP contribution is -2.29. The molecule has 0 unspecified atom stereocenters. The fourth-order valence-corrected chi connectivity index (χ4v) is 7.73. The molecule has 1 amide bonds. The van der Waals surface area contributed by atoms with Crippen LogP contribution >= 0.6 is 0 Å². The summed E-state index contributed by atoms with van der Waals surface area (Å²) < 4.78 is 169. The summed E-state index contributed by atoms with van der Waals surface area (Å²) in [5.41, 5.74) is 2.19. The Morgan fingerprint density at radius 1 is 0.804 bits per heavy atom. The number of aryl methyl sites for hydroxylation is 1. The molecule has 304 valence electrons. The van der Waals surface area contributed by atoms with Gasteiger partial charge in [0.25, 0.3) is 16.0 Å². The number of phenols is 1. The molecule has 1 fully saturated rings. The minimum Gasteiger partial charge on any atom is -0.506 e. The Hall–Kier alpha value is -5.10. The predicted molar refractivity (Wildman–Crippen MR) is 187 cm³/mol. The van der Waals surface area contributed by atoms with E-state index >= 15 is 0 Å². The molecule has 0 spiro atoms. The highest BCUT2D eigenvalue weighted by Crippen LogP contribution is 2.33. The Labute approximate surface area is 316 Å². The molecule has 1 aliphatic heterocycles. The number of carbonyl (C=O) groups excluding carboxylic acids is 1. The molecule has 14 nitrogen and oxygen atoms in total. The van der Waals surface area contributed by atoms with E-state index in [1.807, 2.05) is 30.3 Å². The Morgan fingerprint density at radius 3 is 1.96 bits per heavy atom. The third-order valence-corrected chi connectivity index (χ3v) is 11.1. The molecule has 0 saturated carbocycles. The van der Waals surface area contributed by atoms with Gasteiger partial charge in [-0.3, -0.25) is 9.35 Å². The van der Waals surface area contributed by atoms with Crippen LogP contribution in [0.3, 0.4) is 0 Å². The number of sulfonamides is 1. The van der Waals surface area contributed by atoms with Gasteiger partial charge in [-0.05, 0) is 65.9 Å². The average molecular weight is 856 g/mol. The largest absolute Gasteiger partial charge is 0.506 e. The molecule has 4 aromatic rings. The van der Waals surface area contributed by atoms with Crippen molar-refractivity contribution in [3.05, 3.63) is 96.6 Å². The molecule has 0 aromatic heterocycles. The van der Waals surface area contributed by atoms with Gasteiger partial charge >= 0.3 is 22.6 Å². The molecule has 0 radical (unpaired) electrons. The van der Waals surface area contributed by atoms with Crippen molar-refractivity contribution >= 4 is 41.9 Å². The molecule has 56 heavy (non-hydrogen) atoms. The van der Waals surface area contributed by atoms with Crippen LogP contribution in [0, 0.1) is 0 Å². The zero-order valence-electron chi connectivity index (χ0n) is 28.4. The lowest BCUT2D eigenvalue weighted by molar-refractivity contribution is -0.154. The van der Waals surface area contributed by atoms with Crippen molar-refractivity contribution in [2.24, 2.45) is 0 Å². The maximum atomic E-state index is 12.8. The quantitative estimate of drug-likeness (QED) is 0.0803. The smallest absolute Gasteiger partial charge is 0.422 e. The number of alkyl halides is 6. The van der Waals surface area contributed by atoms with E-state index in [0.717, 1.165) is 23.3 Å². The van der Waals surface area contributed by atoms with Crippen molar-refractivity contribution in [3.8, 4) is 28.4 Å². The summed E-state index contributed by atoms with van der Waals surface area (Å²) in [5.74, 6) is -2.61. The number of phenolic OH excluding ortho intramolecular Hbond substituents is 1. The van der Waals surface area contributed by atoms with Crippen molar-refractivity contribution in [2.75, 3.05) is 30.6 Å². The summed E-state index contributed by atoms with van der Waals surface area (Å²) in [6.07, 6.45) is -9.38. The molecule has 1 heterocycles. The summed E-state index contributed by atoms with van der Waals surface area (Å²) in [7, 11) is -12.9. The second-order valence-electron chi connectivity index (χ2n) is 11.6. The zero-order chi connectivity index (χ0) is 41.5. The second-order valence-corrected chi connectivity index (χ2v) is 16.4. The van der Waals surface area contributed by atoms with Crippen LogP contribution in [0.1, 0.15) is 12.0 Å². The molecule has 5 rings (SSSR count). The number of hydrogen-bond acceptors (Lipinski definition) is 10. The fraction of sp³-hybridized carbons (Fsp3) is 0.242. The zero-order valence-corrected chi connectivity index (χ0v) is 30.9. The van der Waals surface area contributed by atoms with Crippen LogP contribution in [-0.4, -0.2) is 79.5 Å². The number of ether oxygens (including phenoxy) is 2. The van der Waals surface area contributed by atoms with Gasteiger partial charge in [-0.2, -0.15) is 43.2 Å². The van der Waals surface area contributed by atoms with Crippen LogP contribution in [0.2, 0.25) is 0 Å². The fourth-order valence-electron chi connectivity index (χ4n) is 4.86. The maximum Gasteiger partial charge on any atom is 0.422 e. The van der Waals surface area contributed by atoms with Crippen molar-refractivity contribution in [2.45, 2.75) is 35.0 Å². The van der Waals surface area contributed by atoms with Crippen LogP contribution in [0.5, 0.6) is 17.2 Å². The lowest BCUT2D eigenvalue weighted by Gasteiger charge is -2.17. The molecule has 4 N–H and O–H groups in total. The molecule has 1 saturated heterocycles. The Balaban J connectivity index is 0.000000360. The third kappa shape index (κ3) is 12.7. The first-order valence-electron chi connectivity index (χ1n) is 15.7. The Kier molecular flexibility index (Phi) is 13.5. The van der Waals surface area contributed by atoms with Gasteiger partial charge in [0.15, 0.2) is 13.2 Å². The molecule has 1 aliphatic rings. The molecular weight excluding hydrogens is 825 g/mol. The first-order valence-corrected chi connectivity index (χ1v) is 20.1. The number of aromatic hydroxyl groups is 1. The van der Waals surface area contributed by atoms with Crippen LogP contribution in [-0.2, 0) is 41.6 Å². The predicted octanol–water partition coefficient (Wildman–Crippen LogP) is 4.97. The van der Waals surface area contributed by atoms with Crippen LogP contribution in [0.25, 0.3) is 11.1 Å². The number of anilines is 1. The number of nitrogens with zero attached hydrogens (tertiary/aromatic N) is 1. The standard InChI is InChI=1S/C21H21F6N3O8S2.C12H10O3S/c22-20(23,24)11-37-14-4-6-17(38-12-21(25,26)27)18(9-14)39(33,34)28-7-1-2-13-3-5-15(16(31)8-13)30-10-19(32)29-40(30,35)36;13-16(14,15)12-8-6-11(7-9-12)10-4-2-1-3-5-10/h3-6,8-9,28,31H,1-2,7,10-12H2,(H,29,32);1-9H,(H,13,14,15). The molecule has 23 heteroatoms. The number of benzene rings is 4. The van der Waals surface area contributed by atoms with Crippen molar-refractivity contribution in [3.63, 3.8) is 0 Å². The van der Waals surface area contributed by atoms with Crippen LogP contribution < -0.4 is 23.2 Å². The SMILES string of the molecule is O=C1CN(c2ccc(CCCNS(=O)(=O)c3cc(OCC(F)(F)F)ccc3OCC(F)(F)F)cc2O)S(=O)(=O)N1.O=S(=O)(O)c1ccc(-c2ccccc2)cc1. The van der Waals surface area contributed by atoms with Gasteiger partial charge in [0.1, 0.15) is 28.7 Å². The summed E-state index contributed by atoms with van der Waals surface area (Å²) in [6.45, 7) is -4.46. The maximum absolute atomic E-state index is 12.8. The van der Waals surface area contributed by atoms with E-state index in [1.54, 1.807) is 16.9 Å². The third-order valence-electron chi connectivity index (χ3n) is 7.32. The normalized spacial score (nSPS) is 14.4. The highest BCUT2D eigenvalue weighted by Gasteiger charge is 2.35. The number of rotatable bonds is 13. The molecule has 0 atom stereocenters. The number of carbonyl (C=O) groups is 1. The highest BCUT2D eigenvalue weighted by atomic mass is 32.2. The second kappa shape index (κ2) is 17.4. The molecule has 4 aromatic carbocycles. The average Bonchev–Trinajstić information content (AvgIpc) is 3.39. The van der Waals surface area contributed by atoms with Gasteiger partial charge in [-0.25, -0.2) is 22.2 Å². The first-order chi connectivity index (χ1) is 25.9. The van der Waals surface area contributed by atoms with Gasteiger partial charge in [-0.15, -0.1) is 0 Å². The van der Waals surface area contributed by atoms with E-state index in [1.165, 1.54) is 30.3 Å². The molecule has 0 bridgehead atoms. The lowest BCUT2D eigenvalue weighted by atomic mass is 10.1. The van der Waals surface area contributed by atoms with Gasteiger partial charge in [0, 0.05) is 12.6 Å². The summed E-state index contributed by atoms with van der Waals surface area (Å²) in [4.78, 5) is 10.4. The molecular formula is C33H31F6N3O11S3. The van der Waals surface area contributed by atoms with Gasteiger partial charge < -0.3 is 14.6 Å². The first kappa shape index (κ1) is 43.6. The van der Waals surface area contributed by atoms with E-state index in [-0.39, 0.29) is 30.0 Å². The summed E-state index contributed by atoms with van der Waals surface area (Å²) >= 11 is 0. The molecule has 0 aliphatic carbocycles. The van der Waals surface area contributed by atoms with Crippen molar-refractivity contribution in [1.29, 1.82) is 0 Å². The summed E-state index contributed by atoms with van der Waals surface area (Å²) in [5, 5.41) is 10.2. The minimum absolute atomic E-state index is 0.0725. The highest BCUT2D eigenvalue weighted by molar-refractivity contribution is 7.92. The minimum atomic E-state index is -4.83. The van der Waals surface area contributed by atoms with Crippen molar-refractivity contribution in [1.82, 2.24) is 9.44 Å². The van der Waals surface area contributed by atoms with E-state index in [0.29, 0.717) is 15.9 Å².